The molecule has 0 spiro atoms. The van der Waals surface area contributed by atoms with Gasteiger partial charge >= 0.3 is 5.97 Å². The summed E-state index contributed by atoms with van der Waals surface area (Å²) >= 11 is 0. The summed E-state index contributed by atoms with van der Waals surface area (Å²) in [7, 11) is 1.34. The van der Waals surface area contributed by atoms with Gasteiger partial charge in [-0.3, -0.25) is 4.79 Å². The monoisotopic (exact) mass is 333 g/mol. The first-order valence-corrected chi connectivity index (χ1v) is 8.31. The molecular formula is C16H23N5O3. The van der Waals surface area contributed by atoms with Gasteiger partial charge in [-0.2, -0.15) is 4.98 Å². The number of carbonyl (C=O) groups is 2. The van der Waals surface area contributed by atoms with Gasteiger partial charge in [-0.1, -0.05) is 0 Å². The van der Waals surface area contributed by atoms with Crippen LogP contribution in [0.1, 0.15) is 36.7 Å². The minimum atomic E-state index is -0.474. The molecule has 1 aromatic heterocycles. The van der Waals surface area contributed by atoms with Gasteiger partial charge in [-0.25, -0.2) is 9.78 Å². The number of aromatic nitrogens is 2. The van der Waals surface area contributed by atoms with Crippen molar-refractivity contribution in [2.45, 2.75) is 32.2 Å². The fraction of sp³-hybridized carbons (Fsp3) is 0.625. The molecule has 1 amide bonds. The molecule has 8 nitrogen and oxygen atoms in total. The molecule has 0 atom stereocenters. The molecule has 2 saturated heterocycles. The van der Waals surface area contributed by atoms with Crippen LogP contribution in [-0.4, -0.2) is 66.1 Å². The molecule has 3 rings (SSSR count). The molecule has 2 aliphatic rings. The minimum Gasteiger partial charge on any atom is -0.464 e. The van der Waals surface area contributed by atoms with Crippen LogP contribution in [0.25, 0.3) is 0 Å². The molecule has 130 valence electrons. The van der Waals surface area contributed by atoms with Crippen molar-refractivity contribution in [3.05, 3.63) is 11.8 Å². The number of methoxy groups -OCH3 is 1. The number of hydrogen-bond acceptors (Lipinski definition) is 7. The first kappa shape index (κ1) is 16.5. The van der Waals surface area contributed by atoms with Gasteiger partial charge in [0.05, 0.1) is 13.2 Å². The lowest BCUT2D eigenvalue weighted by Gasteiger charge is -2.39. The summed E-state index contributed by atoms with van der Waals surface area (Å²) in [6, 6.07) is 1.75. The van der Waals surface area contributed by atoms with Crippen LogP contribution < -0.4 is 10.2 Å². The zero-order chi connectivity index (χ0) is 17.1. The number of anilines is 2. The molecule has 0 aliphatic carbocycles. The Kier molecular flexibility index (Phi) is 4.82. The molecule has 3 heterocycles. The summed E-state index contributed by atoms with van der Waals surface area (Å²) in [5.74, 6) is 0.750. The van der Waals surface area contributed by atoms with E-state index in [9.17, 15) is 9.59 Å². The standard InChI is InChI=1S/C16H23N5O3/c1-11(22)21-9-12(10-21)17-14-8-13(15(23)24-2)18-16(19-14)20-6-4-3-5-7-20/h8,12H,3-7,9-10H2,1-2H3,(H,17,18,19). The molecule has 1 N–H and O–H groups in total. The zero-order valence-corrected chi connectivity index (χ0v) is 14.1. The largest absolute Gasteiger partial charge is 0.464 e. The lowest BCUT2D eigenvalue weighted by molar-refractivity contribution is -0.132. The normalized spacial score (nSPS) is 18.1. The number of carbonyl (C=O) groups excluding carboxylic acids is 2. The van der Waals surface area contributed by atoms with Crippen molar-refractivity contribution >= 4 is 23.6 Å². The molecule has 0 saturated carbocycles. The number of piperidine rings is 1. The van der Waals surface area contributed by atoms with Gasteiger partial charge in [0, 0.05) is 39.2 Å². The van der Waals surface area contributed by atoms with Crippen molar-refractivity contribution in [2.75, 3.05) is 43.5 Å². The molecule has 2 aliphatic heterocycles. The number of ether oxygens (including phenoxy) is 1. The molecular weight excluding hydrogens is 310 g/mol. The van der Waals surface area contributed by atoms with Crippen LogP contribution in [0.15, 0.2) is 6.07 Å². The van der Waals surface area contributed by atoms with E-state index >= 15 is 0 Å². The Hall–Kier alpha value is -2.38. The Labute approximate surface area is 141 Å². The third-order valence-corrected chi connectivity index (χ3v) is 4.43. The highest BCUT2D eigenvalue weighted by Crippen LogP contribution is 2.21. The Balaban J connectivity index is 1.77. The summed E-state index contributed by atoms with van der Waals surface area (Å²) in [5.41, 5.74) is 0.248. The van der Waals surface area contributed by atoms with Crippen LogP contribution >= 0.6 is 0 Å². The average Bonchev–Trinajstić information content (AvgIpc) is 2.57. The Morgan fingerprint density at radius 2 is 1.92 bits per heavy atom. The van der Waals surface area contributed by atoms with Gasteiger partial charge in [-0.15, -0.1) is 0 Å². The second kappa shape index (κ2) is 7.02. The van der Waals surface area contributed by atoms with Crippen molar-refractivity contribution in [2.24, 2.45) is 0 Å². The summed E-state index contributed by atoms with van der Waals surface area (Å²) in [4.78, 5) is 35.9. The van der Waals surface area contributed by atoms with E-state index in [1.165, 1.54) is 13.5 Å². The van der Waals surface area contributed by atoms with Gasteiger partial charge in [0.25, 0.3) is 0 Å². The van der Waals surface area contributed by atoms with Crippen LogP contribution in [0.5, 0.6) is 0 Å². The van der Waals surface area contributed by atoms with Gasteiger partial charge in [0.2, 0.25) is 11.9 Å². The SMILES string of the molecule is COC(=O)c1cc(NC2CN(C(C)=O)C2)nc(N2CCCCC2)n1. The smallest absolute Gasteiger partial charge is 0.356 e. The third kappa shape index (κ3) is 3.58. The van der Waals surface area contributed by atoms with Gasteiger partial charge in [0.1, 0.15) is 5.82 Å². The first-order chi connectivity index (χ1) is 11.6. The van der Waals surface area contributed by atoms with E-state index in [2.05, 4.69) is 20.2 Å². The van der Waals surface area contributed by atoms with Crippen molar-refractivity contribution in [1.29, 1.82) is 0 Å². The maximum atomic E-state index is 11.9. The maximum Gasteiger partial charge on any atom is 0.356 e. The predicted molar refractivity (Wildman–Crippen MR) is 89.1 cm³/mol. The summed E-state index contributed by atoms with van der Waals surface area (Å²) in [5, 5.41) is 3.28. The molecule has 24 heavy (non-hydrogen) atoms. The molecule has 0 bridgehead atoms. The quantitative estimate of drug-likeness (QED) is 0.819. The molecule has 0 unspecified atom stereocenters. The highest BCUT2D eigenvalue weighted by Gasteiger charge is 2.29. The van der Waals surface area contributed by atoms with E-state index in [4.69, 9.17) is 4.74 Å². The van der Waals surface area contributed by atoms with Gasteiger partial charge in [0.15, 0.2) is 5.69 Å². The molecule has 0 radical (unpaired) electrons. The van der Waals surface area contributed by atoms with E-state index in [0.29, 0.717) is 24.9 Å². The number of esters is 1. The lowest BCUT2D eigenvalue weighted by Crippen LogP contribution is -2.56. The second-order valence-electron chi connectivity index (χ2n) is 6.24. The first-order valence-electron chi connectivity index (χ1n) is 8.31. The van der Waals surface area contributed by atoms with Crippen LogP contribution in [-0.2, 0) is 9.53 Å². The second-order valence-corrected chi connectivity index (χ2v) is 6.24. The topological polar surface area (TPSA) is 87.7 Å². The van der Waals surface area contributed by atoms with Gasteiger partial charge < -0.3 is 19.9 Å². The van der Waals surface area contributed by atoms with Crippen molar-refractivity contribution in [3.63, 3.8) is 0 Å². The van der Waals surface area contributed by atoms with E-state index in [1.54, 1.807) is 17.9 Å². The van der Waals surface area contributed by atoms with E-state index in [-0.39, 0.29) is 17.6 Å². The van der Waals surface area contributed by atoms with Crippen LogP contribution in [0, 0.1) is 0 Å². The molecule has 1 aromatic rings. The highest BCUT2D eigenvalue weighted by molar-refractivity contribution is 5.88. The summed E-state index contributed by atoms with van der Waals surface area (Å²) in [6.45, 7) is 4.64. The Morgan fingerprint density at radius 1 is 1.21 bits per heavy atom. The number of likely N-dealkylation sites (tertiary alicyclic amines) is 1. The van der Waals surface area contributed by atoms with Crippen LogP contribution in [0.2, 0.25) is 0 Å². The Morgan fingerprint density at radius 3 is 2.54 bits per heavy atom. The van der Waals surface area contributed by atoms with Crippen LogP contribution in [0.4, 0.5) is 11.8 Å². The average molecular weight is 333 g/mol. The van der Waals surface area contributed by atoms with E-state index in [0.717, 1.165) is 25.9 Å². The fourth-order valence-electron chi connectivity index (χ4n) is 2.99. The summed E-state index contributed by atoms with van der Waals surface area (Å²) < 4.78 is 4.80. The Bertz CT molecular complexity index is 624. The van der Waals surface area contributed by atoms with Gasteiger partial charge in [-0.05, 0) is 19.3 Å². The molecule has 2 fully saturated rings. The minimum absolute atomic E-state index is 0.0694. The number of amides is 1. The van der Waals surface area contributed by atoms with Crippen LogP contribution in [0.3, 0.4) is 0 Å². The predicted octanol–water partition coefficient (Wildman–Crippen LogP) is 0.896. The molecule has 8 heteroatoms. The zero-order valence-electron chi connectivity index (χ0n) is 14.1. The third-order valence-electron chi connectivity index (χ3n) is 4.43. The number of nitrogens with one attached hydrogen (secondary N) is 1. The number of hydrogen-bond donors (Lipinski definition) is 1. The van der Waals surface area contributed by atoms with E-state index < -0.39 is 5.97 Å². The fourth-order valence-corrected chi connectivity index (χ4v) is 2.99. The molecule has 0 aromatic carbocycles. The van der Waals surface area contributed by atoms with Crippen molar-refractivity contribution in [1.82, 2.24) is 14.9 Å². The van der Waals surface area contributed by atoms with E-state index in [1.807, 2.05) is 0 Å². The lowest BCUT2D eigenvalue weighted by atomic mass is 10.1. The highest BCUT2D eigenvalue weighted by atomic mass is 16.5. The van der Waals surface area contributed by atoms with Crippen molar-refractivity contribution in [3.8, 4) is 0 Å². The number of nitrogens with zero attached hydrogens (tertiary/aromatic N) is 4. The maximum absolute atomic E-state index is 11.9. The number of rotatable bonds is 4. The summed E-state index contributed by atoms with van der Waals surface area (Å²) in [6.07, 6.45) is 3.41. The van der Waals surface area contributed by atoms with Crippen molar-refractivity contribution < 1.29 is 14.3 Å².